The third-order valence-corrected chi connectivity index (χ3v) is 0.556. The molecule has 0 fully saturated rings. The van der Waals surface area contributed by atoms with E-state index in [0.29, 0.717) is 0 Å². The normalized spacial score (nSPS) is 14.7. The maximum atomic E-state index is 2.00. The van der Waals surface area contributed by atoms with Gasteiger partial charge >= 0.3 is 0 Å². The zero-order valence-electron chi connectivity index (χ0n) is 3.59. The molecule has 0 bridgehead atoms. The molecule has 0 nitrogen and oxygen atoms in total. The van der Waals surface area contributed by atoms with Crippen LogP contribution in [0.25, 0.3) is 0 Å². The first kappa shape index (κ1) is 6.10. The summed E-state index contributed by atoms with van der Waals surface area (Å²) < 4.78 is 0. The third-order valence-electron chi connectivity index (χ3n) is 0.556. The average Bonchev–Trinajstić information content (AvgIpc) is 1.76. The molecule has 0 aromatic heterocycles. The second-order valence-electron chi connectivity index (χ2n) is 0.962. The van der Waals surface area contributed by atoms with Crippen molar-refractivity contribution in [2.75, 3.05) is 0 Å². The van der Waals surface area contributed by atoms with Gasteiger partial charge in [-0.15, -0.1) is 0 Å². The second-order valence-corrected chi connectivity index (χ2v) is 0.962. The molecule has 0 unspecified atom stereocenters. The van der Waals surface area contributed by atoms with Crippen molar-refractivity contribution >= 4 is 0 Å². The summed E-state index contributed by atoms with van der Waals surface area (Å²) in [5.74, 6) is 0. The number of hydrogen-bond donors (Lipinski definition) is 0. The quantitative estimate of drug-likeness (QED) is 0.434. The van der Waals surface area contributed by atoms with Crippen LogP contribution in [-0.4, -0.2) is 0 Å². The Morgan fingerprint density at radius 3 is 1.33 bits per heavy atom. The monoisotopic (exact) mass is 129 g/mol. The molecular formula is C5H5Zn. The standard InChI is InChI=1S/C5H5.Zn/c1-2-4-5-3-1;/h1-5H;. The fourth-order valence-electron chi connectivity index (χ4n) is 0.321. The van der Waals surface area contributed by atoms with Crippen LogP contribution in [0.15, 0.2) is 24.3 Å². The summed E-state index contributed by atoms with van der Waals surface area (Å²) in [7, 11) is 0. The SMILES string of the molecule is [CH]1C=CC=C1.[Zn]. The van der Waals surface area contributed by atoms with Crippen LogP contribution in [0.4, 0.5) is 0 Å². The Morgan fingerprint density at radius 2 is 1.17 bits per heavy atom. The van der Waals surface area contributed by atoms with Crippen molar-refractivity contribution in [1.82, 2.24) is 0 Å². The first-order chi connectivity index (χ1) is 2.50. The van der Waals surface area contributed by atoms with Crippen LogP contribution >= 0.6 is 0 Å². The minimum atomic E-state index is 0. The van der Waals surface area contributed by atoms with E-state index in [1.807, 2.05) is 30.7 Å². The van der Waals surface area contributed by atoms with Gasteiger partial charge in [-0.05, 0) is 0 Å². The van der Waals surface area contributed by atoms with Crippen molar-refractivity contribution < 1.29 is 19.5 Å². The van der Waals surface area contributed by atoms with Crippen LogP contribution in [0.2, 0.25) is 0 Å². The molecule has 0 N–H and O–H groups in total. The van der Waals surface area contributed by atoms with Gasteiger partial charge in [-0.25, -0.2) is 0 Å². The Labute approximate surface area is 50.7 Å². The van der Waals surface area contributed by atoms with Gasteiger partial charge in [0, 0.05) is 25.9 Å². The molecule has 6 heavy (non-hydrogen) atoms. The predicted molar refractivity (Wildman–Crippen MR) is 22.6 cm³/mol. The van der Waals surface area contributed by atoms with Gasteiger partial charge in [0.2, 0.25) is 0 Å². The topological polar surface area (TPSA) is 0 Å². The van der Waals surface area contributed by atoms with Crippen molar-refractivity contribution in [3.8, 4) is 0 Å². The van der Waals surface area contributed by atoms with E-state index in [9.17, 15) is 0 Å². The Hall–Kier alpha value is 0.103. The van der Waals surface area contributed by atoms with Gasteiger partial charge in [-0.2, -0.15) is 0 Å². The van der Waals surface area contributed by atoms with Gasteiger partial charge < -0.3 is 0 Å². The first-order valence-electron chi connectivity index (χ1n) is 1.67. The van der Waals surface area contributed by atoms with Gasteiger partial charge in [0.1, 0.15) is 0 Å². The molecule has 0 spiro atoms. The molecule has 0 atom stereocenters. The van der Waals surface area contributed by atoms with Crippen LogP contribution in [0.5, 0.6) is 0 Å². The molecule has 1 rings (SSSR count). The molecule has 27 valence electrons. The minimum Gasteiger partial charge on any atom is -0.0767 e. The van der Waals surface area contributed by atoms with Crippen LogP contribution in [-0.2, 0) is 19.5 Å². The zero-order chi connectivity index (χ0) is 3.54. The molecule has 0 saturated carbocycles. The smallest absolute Gasteiger partial charge is 0.00506 e. The van der Waals surface area contributed by atoms with E-state index in [4.69, 9.17) is 0 Å². The molecule has 0 aliphatic heterocycles. The molecule has 1 aliphatic rings. The summed E-state index contributed by atoms with van der Waals surface area (Å²) in [6.07, 6.45) is 10.0. The fraction of sp³-hybridized carbons (Fsp3) is 0. The Bertz CT molecular complexity index is 62.0. The maximum absolute atomic E-state index is 2.00. The number of allylic oxidation sites excluding steroid dienone is 4. The van der Waals surface area contributed by atoms with Crippen LogP contribution in [0.1, 0.15) is 0 Å². The van der Waals surface area contributed by atoms with Crippen molar-refractivity contribution in [3.63, 3.8) is 0 Å². The molecule has 0 saturated heterocycles. The van der Waals surface area contributed by atoms with E-state index in [2.05, 4.69) is 0 Å². The molecular weight excluding hydrogens is 125 g/mol. The largest absolute Gasteiger partial charge is 0.0767 e. The van der Waals surface area contributed by atoms with Gasteiger partial charge in [-0.3, -0.25) is 0 Å². The Balaban J connectivity index is 0.000000250. The summed E-state index contributed by atoms with van der Waals surface area (Å²) in [6, 6.07) is 0. The minimum absolute atomic E-state index is 0. The molecule has 0 aromatic carbocycles. The van der Waals surface area contributed by atoms with E-state index in [0.717, 1.165) is 0 Å². The molecule has 0 heterocycles. The predicted octanol–water partition coefficient (Wildman–Crippen LogP) is 1.31. The van der Waals surface area contributed by atoms with Gasteiger partial charge in [0.15, 0.2) is 0 Å². The number of hydrogen-bond acceptors (Lipinski definition) is 0. The van der Waals surface area contributed by atoms with E-state index in [-0.39, 0.29) is 19.5 Å². The first-order valence-corrected chi connectivity index (χ1v) is 1.67. The molecule has 1 radical (unpaired) electrons. The van der Waals surface area contributed by atoms with Crippen molar-refractivity contribution in [3.05, 3.63) is 30.7 Å². The van der Waals surface area contributed by atoms with Crippen molar-refractivity contribution in [1.29, 1.82) is 0 Å². The van der Waals surface area contributed by atoms with E-state index >= 15 is 0 Å². The molecule has 0 aromatic rings. The van der Waals surface area contributed by atoms with Crippen LogP contribution in [0, 0.1) is 6.42 Å². The summed E-state index contributed by atoms with van der Waals surface area (Å²) in [4.78, 5) is 0. The average molecular weight is 130 g/mol. The Kier molecular flexibility index (Phi) is 3.36. The summed E-state index contributed by atoms with van der Waals surface area (Å²) in [5.41, 5.74) is 0. The summed E-state index contributed by atoms with van der Waals surface area (Å²) in [5, 5.41) is 0. The summed E-state index contributed by atoms with van der Waals surface area (Å²) in [6.45, 7) is 0. The molecule has 1 heteroatoms. The molecule has 1 aliphatic carbocycles. The van der Waals surface area contributed by atoms with Gasteiger partial charge in [-0.1, -0.05) is 24.3 Å². The van der Waals surface area contributed by atoms with Crippen molar-refractivity contribution in [2.45, 2.75) is 0 Å². The van der Waals surface area contributed by atoms with E-state index < -0.39 is 0 Å². The van der Waals surface area contributed by atoms with Crippen LogP contribution < -0.4 is 0 Å². The maximum Gasteiger partial charge on any atom is 0.00506 e. The third kappa shape index (κ3) is 1.52. The van der Waals surface area contributed by atoms with Gasteiger partial charge in [0.05, 0.1) is 0 Å². The van der Waals surface area contributed by atoms with E-state index in [1.165, 1.54) is 0 Å². The van der Waals surface area contributed by atoms with Crippen LogP contribution in [0.3, 0.4) is 0 Å². The van der Waals surface area contributed by atoms with Crippen molar-refractivity contribution in [2.24, 2.45) is 0 Å². The van der Waals surface area contributed by atoms with E-state index in [1.54, 1.807) is 0 Å². The Morgan fingerprint density at radius 1 is 0.667 bits per heavy atom. The summed E-state index contributed by atoms with van der Waals surface area (Å²) >= 11 is 0. The zero-order valence-corrected chi connectivity index (χ0v) is 6.56. The second kappa shape index (κ2) is 3.30. The number of rotatable bonds is 0. The van der Waals surface area contributed by atoms with Gasteiger partial charge in [0.25, 0.3) is 0 Å². The fourth-order valence-corrected chi connectivity index (χ4v) is 0.321. The molecule has 0 amide bonds.